The molecule has 0 radical (unpaired) electrons. The number of thiazole rings is 1. The van der Waals surface area contributed by atoms with Gasteiger partial charge in [0.05, 0.1) is 0 Å². The molecule has 100 valence electrons. The summed E-state index contributed by atoms with van der Waals surface area (Å²) in [5.41, 5.74) is 0. The maximum absolute atomic E-state index is 4.41. The van der Waals surface area contributed by atoms with Gasteiger partial charge in [-0.15, -0.1) is 11.3 Å². The number of anilines is 1. The lowest BCUT2D eigenvalue weighted by Crippen LogP contribution is -2.42. The lowest BCUT2D eigenvalue weighted by Gasteiger charge is -2.33. The predicted octanol–water partition coefficient (Wildman–Crippen LogP) is 2.30. The van der Waals surface area contributed by atoms with Crippen LogP contribution < -0.4 is 10.2 Å². The van der Waals surface area contributed by atoms with Gasteiger partial charge in [-0.25, -0.2) is 9.97 Å². The van der Waals surface area contributed by atoms with Gasteiger partial charge >= 0.3 is 0 Å². The van der Waals surface area contributed by atoms with Crippen LogP contribution in [-0.4, -0.2) is 29.1 Å². The highest BCUT2D eigenvalue weighted by Gasteiger charge is 2.19. The molecule has 3 rings (SSSR count). The fourth-order valence-corrected chi connectivity index (χ4v) is 2.99. The molecule has 1 saturated heterocycles. The minimum Gasteiger partial charge on any atom is -0.357 e. The Morgan fingerprint density at radius 3 is 2.79 bits per heavy atom. The normalized spacial score (nSPS) is 16.7. The van der Waals surface area contributed by atoms with E-state index in [0.29, 0.717) is 6.04 Å². The molecule has 0 saturated carbocycles. The van der Waals surface area contributed by atoms with Gasteiger partial charge in [-0.3, -0.25) is 0 Å². The van der Waals surface area contributed by atoms with Crippen LogP contribution in [0.25, 0.3) is 0 Å². The molecule has 1 fully saturated rings. The summed E-state index contributed by atoms with van der Waals surface area (Å²) in [6, 6.07) is 6.70. The molecule has 0 amide bonds. The van der Waals surface area contributed by atoms with Crippen LogP contribution in [0.5, 0.6) is 0 Å². The van der Waals surface area contributed by atoms with Crippen molar-refractivity contribution in [2.45, 2.75) is 25.4 Å². The fourth-order valence-electron chi connectivity index (χ4n) is 2.43. The summed E-state index contributed by atoms with van der Waals surface area (Å²) in [5, 5.41) is 6.80. The third-order valence-electron chi connectivity index (χ3n) is 3.49. The smallest absolute Gasteiger partial charge is 0.128 e. The van der Waals surface area contributed by atoms with Gasteiger partial charge in [0.2, 0.25) is 0 Å². The van der Waals surface area contributed by atoms with Gasteiger partial charge in [-0.2, -0.15) is 0 Å². The molecule has 2 aromatic rings. The molecule has 3 heterocycles. The number of nitrogens with one attached hydrogen (secondary N) is 1. The third-order valence-corrected chi connectivity index (χ3v) is 4.27. The van der Waals surface area contributed by atoms with Crippen molar-refractivity contribution in [3.63, 3.8) is 0 Å². The maximum Gasteiger partial charge on any atom is 0.128 e. The topological polar surface area (TPSA) is 41.0 Å². The second kappa shape index (κ2) is 6.12. The molecule has 0 bridgehead atoms. The Hall–Kier alpha value is -1.46. The van der Waals surface area contributed by atoms with E-state index in [9.17, 15) is 0 Å². The van der Waals surface area contributed by atoms with Crippen LogP contribution in [-0.2, 0) is 6.54 Å². The minimum atomic E-state index is 0.601. The Morgan fingerprint density at radius 1 is 1.21 bits per heavy atom. The molecule has 1 N–H and O–H groups in total. The zero-order valence-corrected chi connectivity index (χ0v) is 11.6. The van der Waals surface area contributed by atoms with E-state index in [2.05, 4.69) is 32.3 Å². The molecule has 0 spiro atoms. The summed E-state index contributed by atoms with van der Waals surface area (Å²) < 4.78 is 0. The standard InChI is InChI=1S/C14H18N4S/c1-2-6-15-13(3-1)18-8-4-12(5-9-18)17-11-14-16-7-10-19-14/h1-3,6-7,10,12,17H,4-5,8-9,11H2. The predicted molar refractivity (Wildman–Crippen MR) is 78.4 cm³/mol. The molecule has 0 unspecified atom stereocenters. The molecule has 1 aliphatic heterocycles. The van der Waals surface area contributed by atoms with Crippen LogP contribution >= 0.6 is 11.3 Å². The Labute approximate surface area is 117 Å². The first-order valence-corrected chi connectivity index (χ1v) is 7.57. The highest BCUT2D eigenvalue weighted by atomic mass is 32.1. The van der Waals surface area contributed by atoms with E-state index in [1.54, 1.807) is 11.3 Å². The van der Waals surface area contributed by atoms with E-state index < -0.39 is 0 Å². The van der Waals surface area contributed by atoms with Gasteiger partial charge in [0.15, 0.2) is 0 Å². The minimum absolute atomic E-state index is 0.601. The summed E-state index contributed by atoms with van der Waals surface area (Å²) in [5.74, 6) is 1.10. The second-order valence-electron chi connectivity index (χ2n) is 4.76. The van der Waals surface area contributed by atoms with Crippen molar-refractivity contribution in [1.82, 2.24) is 15.3 Å². The van der Waals surface area contributed by atoms with Crippen molar-refractivity contribution < 1.29 is 0 Å². The molecule has 5 heteroatoms. The van der Waals surface area contributed by atoms with Crippen LogP contribution in [0, 0.1) is 0 Å². The first-order chi connectivity index (χ1) is 9.42. The zero-order valence-electron chi connectivity index (χ0n) is 10.8. The van der Waals surface area contributed by atoms with Crippen molar-refractivity contribution >= 4 is 17.2 Å². The molecule has 2 aromatic heterocycles. The average Bonchev–Trinajstić information content (AvgIpc) is 3.00. The van der Waals surface area contributed by atoms with Crippen LogP contribution in [0.4, 0.5) is 5.82 Å². The van der Waals surface area contributed by atoms with Crippen LogP contribution in [0.3, 0.4) is 0 Å². The van der Waals surface area contributed by atoms with Gasteiger partial charge in [-0.05, 0) is 25.0 Å². The number of aromatic nitrogens is 2. The van der Waals surface area contributed by atoms with E-state index in [-0.39, 0.29) is 0 Å². The summed E-state index contributed by atoms with van der Waals surface area (Å²) in [4.78, 5) is 11.1. The van der Waals surface area contributed by atoms with Crippen molar-refractivity contribution in [2.24, 2.45) is 0 Å². The van der Waals surface area contributed by atoms with Gasteiger partial charge < -0.3 is 10.2 Å². The molecule has 0 aliphatic carbocycles. The Kier molecular flexibility index (Phi) is 4.05. The molecular weight excluding hydrogens is 256 g/mol. The van der Waals surface area contributed by atoms with Crippen molar-refractivity contribution in [3.05, 3.63) is 41.0 Å². The molecule has 19 heavy (non-hydrogen) atoms. The Bertz CT molecular complexity index is 477. The number of hydrogen-bond acceptors (Lipinski definition) is 5. The lowest BCUT2D eigenvalue weighted by atomic mass is 10.1. The number of rotatable bonds is 4. The highest BCUT2D eigenvalue weighted by molar-refractivity contribution is 7.09. The van der Waals surface area contributed by atoms with E-state index >= 15 is 0 Å². The summed E-state index contributed by atoms with van der Waals surface area (Å²) in [7, 11) is 0. The fraction of sp³-hybridized carbons (Fsp3) is 0.429. The van der Waals surface area contributed by atoms with Gasteiger partial charge in [-0.1, -0.05) is 6.07 Å². The van der Waals surface area contributed by atoms with E-state index in [1.165, 1.54) is 17.8 Å². The Morgan fingerprint density at radius 2 is 2.11 bits per heavy atom. The Balaban J connectivity index is 1.47. The molecule has 0 aromatic carbocycles. The van der Waals surface area contributed by atoms with Crippen LogP contribution in [0.2, 0.25) is 0 Å². The summed E-state index contributed by atoms with van der Waals surface area (Å²) >= 11 is 1.71. The van der Waals surface area contributed by atoms with Crippen molar-refractivity contribution in [1.29, 1.82) is 0 Å². The number of nitrogens with zero attached hydrogens (tertiary/aromatic N) is 3. The lowest BCUT2D eigenvalue weighted by molar-refractivity contribution is 0.412. The van der Waals surface area contributed by atoms with E-state index in [1.807, 2.05) is 23.8 Å². The second-order valence-corrected chi connectivity index (χ2v) is 5.74. The van der Waals surface area contributed by atoms with Crippen molar-refractivity contribution in [3.8, 4) is 0 Å². The highest BCUT2D eigenvalue weighted by Crippen LogP contribution is 2.17. The van der Waals surface area contributed by atoms with Crippen LogP contribution in [0.1, 0.15) is 17.8 Å². The molecular formula is C14H18N4S. The molecule has 4 nitrogen and oxygen atoms in total. The molecule has 0 atom stereocenters. The number of piperidine rings is 1. The molecule has 1 aliphatic rings. The van der Waals surface area contributed by atoms with Crippen LogP contribution in [0.15, 0.2) is 36.0 Å². The largest absolute Gasteiger partial charge is 0.357 e. The SMILES string of the molecule is c1ccc(N2CCC(NCc3nccs3)CC2)nc1. The van der Waals surface area contributed by atoms with Gasteiger partial charge in [0.1, 0.15) is 10.8 Å². The summed E-state index contributed by atoms with van der Waals surface area (Å²) in [6.45, 7) is 3.05. The monoisotopic (exact) mass is 274 g/mol. The van der Waals surface area contributed by atoms with E-state index in [0.717, 1.165) is 25.5 Å². The van der Waals surface area contributed by atoms with Crippen molar-refractivity contribution in [2.75, 3.05) is 18.0 Å². The average molecular weight is 274 g/mol. The number of hydrogen-bond donors (Lipinski definition) is 1. The third kappa shape index (κ3) is 3.30. The first-order valence-electron chi connectivity index (χ1n) is 6.69. The first kappa shape index (κ1) is 12.6. The number of pyridine rings is 1. The van der Waals surface area contributed by atoms with Gasteiger partial charge in [0, 0.05) is 43.4 Å². The quantitative estimate of drug-likeness (QED) is 0.929. The maximum atomic E-state index is 4.41. The van der Waals surface area contributed by atoms with E-state index in [4.69, 9.17) is 0 Å². The zero-order chi connectivity index (χ0) is 12.9. The van der Waals surface area contributed by atoms with Gasteiger partial charge in [0.25, 0.3) is 0 Å². The summed E-state index contributed by atoms with van der Waals surface area (Å²) in [6.07, 6.45) is 6.07.